The first kappa shape index (κ1) is 20.0. The van der Waals surface area contributed by atoms with Crippen molar-refractivity contribution in [1.82, 2.24) is 5.32 Å². The maximum absolute atomic E-state index is 11.8. The molecule has 0 aliphatic carbocycles. The number of nitrogens with two attached hydrogens (primary N) is 1. The van der Waals surface area contributed by atoms with Crippen LogP contribution in [0.15, 0.2) is 48.5 Å². The average Bonchev–Trinajstić information content (AvgIpc) is 2.60. The van der Waals surface area contributed by atoms with Crippen molar-refractivity contribution in [2.45, 2.75) is 32.4 Å². The van der Waals surface area contributed by atoms with Crippen molar-refractivity contribution < 1.29 is 9.53 Å². The number of benzene rings is 2. The van der Waals surface area contributed by atoms with Gasteiger partial charge in [-0.3, -0.25) is 4.79 Å². The predicted molar refractivity (Wildman–Crippen MR) is 100 cm³/mol. The van der Waals surface area contributed by atoms with Crippen LogP contribution in [-0.4, -0.2) is 19.1 Å². The molecule has 5 heteroatoms. The summed E-state index contributed by atoms with van der Waals surface area (Å²) in [6, 6.07) is 15.7. The summed E-state index contributed by atoms with van der Waals surface area (Å²) in [5, 5.41) is 2.88. The largest absolute Gasteiger partial charge is 0.497 e. The average molecular weight is 349 g/mol. The first-order chi connectivity index (χ1) is 11.1. The van der Waals surface area contributed by atoms with E-state index < -0.39 is 6.04 Å². The molecule has 3 N–H and O–H groups in total. The van der Waals surface area contributed by atoms with Crippen LogP contribution < -0.4 is 15.8 Å². The molecular weight excluding hydrogens is 324 g/mol. The molecule has 0 heterocycles. The molecule has 1 unspecified atom stereocenters. The molecule has 0 saturated carbocycles. The van der Waals surface area contributed by atoms with Gasteiger partial charge in [-0.1, -0.05) is 49.7 Å². The number of methoxy groups -OCH3 is 1. The van der Waals surface area contributed by atoms with Crippen molar-refractivity contribution in [3.63, 3.8) is 0 Å². The topological polar surface area (TPSA) is 64.4 Å². The number of hydrogen-bond donors (Lipinski definition) is 2. The van der Waals surface area contributed by atoms with Crippen LogP contribution in [0.4, 0.5) is 0 Å². The van der Waals surface area contributed by atoms with Gasteiger partial charge in [0.15, 0.2) is 0 Å². The lowest BCUT2D eigenvalue weighted by Crippen LogP contribution is -2.40. The highest BCUT2D eigenvalue weighted by atomic mass is 35.5. The van der Waals surface area contributed by atoms with E-state index >= 15 is 0 Å². The van der Waals surface area contributed by atoms with E-state index in [0.717, 1.165) is 28.9 Å². The Morgan fingerprint density at radius 3 is 2.12 bits per heavy atom. The Morgan fingerprint density at radius 2 is 1.62 bits per heavy atom. The number of amides is 1. The van der Waals surface area contributed by atoms with Gasteiger partial charge < -0.3 is 15.8 Å². The third kappa shape index (κ3) is 5.55. The maximum atomic E-state index is 11.8. The summed E-state index contributed by atoms with van der Waals surface area (Å²) < 4.78 is 5.16. The number of carbonyl (C=O) groups excluding carboxylic acids is 1. The molecule has 2 aromatic rings. The van der Waals surface area contributed by atoms with Gasteiger partial charge in [0, 0.05) is 6.54 Å². The van der Waals surface area contributed by atoms with Gasteiger partial charge in [0.1, 0.15) is 5.75 Å². The predicted octanol–water partition coefficient (Wildman–Crippen LogP) is 3.53. The number of halogens is 1. The number of carbonyl (C=O) groups is 1. The molecule has 0 bridgehead atoms. The van der Waals surface area contributed by atoms with Gasteiger partial charge >= 0.3 is 0 Å². The van der Waals surface area contributed by atoms with Crippen molar-refractivity contribution >= 4 is 18.3 Å². The SMILES string of the molecule is CCCC(N)C(=O)NCc1ccc(-c2ccc(OC)cc2)cc1.Cl. The van der Waals surface area contributed by atoms with Crippen LogP contribution in [0.1, 0.15) is 25.3 Å². The van der Waals surface area contributed by atoms with Gasteiger partial charge in [0.05, 0.1) is 13.2 Å². The Labute approximate surface area is 149 Å². The van der Waals surface area contributed by atoms with E-state index in [2.05, 4.69) is 17.4 Å². The summed E-state index contributed by atoms with van der Waals surface area (Å²) in [4.78, 5) is 11.8. The number of ether oxygens (including phenoxy) is 1. The molecule has 0 aliphatic heterocycles. The summed E-state index contributed by atoms with van der Waals surface area (Å²) in [5.74, 6) is 0.752. The lowest BCUT2D eigenvalue weighted by molar-refractivity contribution is -0.122. The van der Waals surface area contributed by atoms with Gasteiger partial charge in [0.2, 0.25) is 5.91 Å². The Morgan fingerprint density at radius 1 is 1.08 bits per heavy atom. The number of hydrogen-bond acceptors (Lipinski definition) is 3. The zero-order valence-electron chi connectivity index (χ0n) is 14.1. The highest BCUT2D eigenvalue weighted by Gasteiger charge is 2.11. The van der Waals surface area contributed by atoms with Crippen molar-refractivity contribution in [1.29, 1.82) is 0 Å². The van der Waals surface area contributed by atoms with Gasteiger partial charge in [-0.05, 0) is 35.2 Å². The first-order valence-electron chi connectivity index (χ1n) is 7.90. The third-order valence-electron chi connectivity index (χ3n) is 3.78. The maximum Gasteiger partial charge on any atom is 0.237 e. The number of nitrogens with one attached hydrogen (secondary N) is 1. The molecule has 0 aromatic heterocycles. The zero-order valence-corrected chi connectivity index (χ0v) is 14.9. The van der Waals surface area contributed by atoms with E-state index in [4.69, 9.17) is 10.5 Å². The quantitative estimate of drug-likeness (QED) is 0.804. The molecule has 0 spiro atoms. The lowest BCUT2D eigenvalue weighted by Gasteiger charge is -2.11. The minimum atomic E-state index is -0.418. The molecule has 1 amide bonds. The van der Waals surface area contributed by atoms with Crippen LogP contribution in [0.2, 0.25) is 0 Å². The smallest absolute Gasteiger partial charge is 0.237 e. The van der Waals surface area contributed by atoms with Crippen molar-refractivity contribution in [2.75, 3.05) is 7.11 Å². The first-order valence-corrected chi connectivity index (χ1v) is 7.90. The molecule has 4 nitrogen and oxygen atoms in total. The van der Waals surface area contributed by atoms with E-state index in [9.17, 15) is 4.79 Å². The minimum Gasteiger partial charge on any atom is -0.497 e. The molecule has 0 fully saturated rings. The summed E-state index contributed by atoms with van der Waals surface area (Å²) in [6.45, 7) is 2.52. The lowest BCUT2D eigenvalue weighted by atomic mass is 10.0. The van der Waals surface area contributed by atoms with Crippen LogP contribution in [0.3, 0.4) is 0 Å². The van der Waals surface area contributed by atoms with Crippen molar-refractivity contribution in [2.24, 2.45) is 5.73 Å². The zero-order chi connectivity index (χ0) is 16.7. The normalized spacial score (nSPS) is 11.3. The molecule has 24 heavy (non-hydrogen) atoms. The van der Waals surface area contributed by atoms with E-state index in [1.807, 2.05) is 43.3 Å². The molecule has 2 rings (SSSR count). The Bertz CT molecular complexity index is 627. The fourth-order valence-corrected chi connectivity index (χ4v) is 2.36. The van der Waals surface area contributed by atoms with Crippen LogP contribution >= 0.6 is 12.4 Å². The van der Waals surface area contributed by atoms with Crippen molar-refractivity contribution in [3.8, 4) is 16.9 Å². The molecule has 0 aliphatic rings. The summed E-state index contributed by atoms with van der Waals surface area (Å²) in [6.07, 6.45) is 1.62. The summed E-state index contributed by atoms with van der Waals surface area (Å²) in [7, 11) is 1.66. The van der Waals surface area contributed by atoms with Crippen LogP contribution in [0.25, 0.3) is 11.1 Å². The standard InChI is InChI=1S/C19H24N2O2.ClH/c1-3-4-18(20)19(22)21-13-14-5-7-15(8-6-14)16-9-11-17(23-2)12-10-16;/h5-12,18H,3-4,13,20H2,1-2H3,(H,21,22);1H. The van der Waals surface area contributed by atoms with Crippen LogP contribution in [0, 0.1) is 0 Å². The highest BCUT2D eigenvalue weighted by Crippen LogP contribution is 2.22. The Hall–Kier alpha value is -2.04. The van der Waals surface area contributed by atoms with Gasteiger partial charge in [0.25, 0.3) is 0 Å². The molecule has 0 saturated heterocycles. The third-order valence-corrected chi connectivity index (χ3v) is 3.78. The second-order valence-corrected chi connectivity index (χ2v) is 5.54. The second-order valence-electron chi connectivity index (χ2n) is 5.54. The summed E-state index contributed by atoms with van der Waals surface area (Å²) in [5.41, 5.74) is 9.11. The summed E-state index contributed by atoms with van der Waals surface area (Å²) >= 11 is 0. The Kier molecular flexibility index (Phi) is 8.30. The van der Waals surface area contributed by atoms with Gasteiger partial charge in [-0.15, -0.1) is 12.4 Å². The highest BCUT2D eigenvalue weighted by molar-refractivity contribution is 5.85. The fourth-order valence-electron chi connectivity index (χ4n) is 2.36. The fraction of sp³-hybridized carbons (Fsp3) is 0.316. The van der Waals surface area contributed by atoms with E-state index in [0.29, 0.717) is 13.0 Å². The van der Waals surface area contributed by atoms with E-state index in [1.54, 1.807) is 7.11 Å². The van der Waals surface area contributed by atoms with Crippen LogP contribution in [-0.2, 0) is 11.3 Å². The Balaban J connectivity index is 0.00000288. The van der Waals surface area contributed by atoms with Crippen LogP contribution in [0.5, 0.6) is 5.75 Å². The second kappa shape index (κ2) is 9.96. The number of rotatable bonds is 7. The molecule has 0 radical (unpaired) electrons. The van der Waals surface area contributed by atoms with E-state index in [-0.39, 0.29) is 18.3 Å². The van der Waals surface area contributed by atoms with Gasteiger partial charge in [-0.25, -0.2) is 0 Å². The minimum absolute atomic E-state index is 0. The molecular formula is C19H25ClN2O2. The molecule has 1 atom stereocenters. The van der Waals surface area contributed by atoms with Gasteiger partial charge in [-0.2, -0.15) is 0 Å². The van der Waals surface area contributed by atoms with E-state index in [1.165, 1.54) is 0 Å². The molecule has 130 valence electrons. The van der Waals surface area contributed by atoms with Crippen molar-refractivity contribution in [3.05, 3.63) is 54.1 Å². The monoisotopic (exact) mass is 348 g/mol. The molecule has 2 aromatic carbocycles.